The van der Waals surface area contributed by atoms with Crippen molar-refractivity contribution in [3.8, 4) is 0 Å². The molecule has 3 N–H and O–H groups in total. The smallest absolute Gasteiger partial charge is 0.326 e. The number of nitrogens with one attached hydrogen (secondary N) is 1. The lowest BCUT2D eigenvalue weighted by molar-refractivity contribution is -0.189. The molecule has 0 aromatic heterocycles. The molecule has 1 aromatic carbocycles. The number of carbonyl (C=O) groups excluding carboxylic acids is 3. The monoisotopic (exact) mass is 424 g/mol. The minimum Gasteiger partial charge on any atom is -0.326 e. The molecule has 3 heterocycles. The lowest BCUT2D eigenvalue weighted by atomic mass is 9.91. The van der Waals surface area contributed by atoms with E-state index in [1.807, 2.05) is 11.0 Å². The van der Waals surface area contributed by atoms with Gasteiger partial charge in [-0.25, -0.2) is 0 Å². The van der Waals surface area contributed by atoms with Crippen LogP contribution in [0, 0.1) is 5.92 Å². The van der Waals surface area contributed by atoms with Crippen LogP contribution in [0.25, 0.3) is 0 Å². The summed E-state index contributed by atoms with van der Waals surface area (Å²) in [6.07, 6.45) is -3.90. The van der Waals surface area contributed by atoms with E-state index in [0.29, 0.717) is 12.1 Å². The van der Waals surface area contributed by atoms with Gasteiger partial charge in [-0.3, -0.25) is 24.6 Å². The zero-order valence-electron chi connectivity index (χ0n) is 16.2. The van der Waals surface area contributed by atoms with Crippen molar-refractivity contribution < 1.29 is 27.6 Å². The molecule has 3 amide bonds. The summed E-state index contributed by atoms with van der Waals surface area (Å²) in [5.74, 6) is -2.59. The number of fused-ring (bicyclic) bond motifs is 1. The number of carbonyl (C=O) groups is 3. The van der Waals surface area contributed by atoms with E-state index in [9.17, 15) is 27.6 Å². The van der Waals surface area contributed by atoms with Crippen molar-refractivity contribution in [1.29, 1.82) is 0 Å². The van der Waals surface area contributed by atoms with E-state index < -0.39 is 30.1 Å². The van der Waals surface area contributed by atoms with Crippen LogP contribution in [-0.4, -0.2) is 58.9 Å². The summed E-state index contributed by atoms with van der Waals surface area (Å²) in [7, 11) is 0. The summed E-state index contributed by atoms with van der Waals surface area (Å²) in [5.41, 5.74) is 7.90. The first-order chi connectivity index (χ1) is 14.1. The van der Waals surface area contributed by atoms with Gasteiger partial charge in [-0.2, -0.15) is 13.2 Å². The third kappa shape index (κ3) is 3.81. The fraction of sp³-hybridized carbons (Fsp3) is 0.550. The van der Waals surface area contributed by atoms with Gasteiger partial charge in [-0.05, 0) is 36.6 Å². The Balaban J connectivity index is 1.48. The molecule has 2 saturated heterocycles. The highest BCUT2D eigenvalue weighted by Gasteiger charge is 2.46. The van der Waals surface area contributed by atoms with Crippen molar-refractivity contribution >= 4 is 17.7 Å². The lowest BCUT2D eigenvalue weighted by Gasteiger charge is -2.37. The zero-order chi connectivity index (χ0) is 21.6. The van der Waals surface area contributed by atoms with Gasteiger partial charge in [-0.15, -0.1) is 0 Å². The third-order valence-corrected chi connectivity index (χ3v) is 6.24. The first-order valence-corrected chi connectivity index (χ1v) is 9.95. The first kappa shape index (κ1) is 20.8. The molecular formula is C20H23F3N4O3. The van der Waals surface area contributed by atoms with Crippen LogP contribution in [0.3, 0.4) is 0 Å². The van der Waals surface area contributed by atoms with Crippen molar-refractivity contribution in [3.63, 3.8) is 0 Å². The summed E-state index contributed by atoms with van der Waals surface area (Å²) in [6, 6.07) is 3.59. The van der Waals surface area contributed by atoms with Crippen LogP contribution < -0.4 is 11.1 Å². The summed E-state index contributed by atoms with van der Waals surface area (Å²) >= 11 is 0. The largest absolute Gasteiger partial charge is 0.393 e. The molecule has 4 rings (SSSR count). The Labute approximate surface area is 171 Å². The maximum Gasteiger partial charge on any atom is 0.393 e. The SMILES string of the molecule is NC1CN(Cc2cccc3c2CN(C2CCC(=O)NC2=O)C3=O)CCC1C(F)(F)F. The van der Waals surface area contributed by atoms with Crippen LogP contribution in [-0.2, 0) is 22.7 Å². The van der Waals surface area contributed by atoms with Crippen LogP contribution >= 0.6 is 0 Å². The van der Waals surface area contributed by atoms with E-state index in [1.165, 1.54) is 4.90 Å². The molecule has 30 heavy (non-hydrogen) atoms. The highest BCUT2D eigenvalue weighted by molar-refractivity contribution is 6.05. The van der Waals surface area contributed by atoms with Crippen LogP contribution in [0.1, 0.15) is 40.7 Å². The fourth-order valence-corrected chi connectivity index (χ4v) is 4.64. The number of hydrogen-bond donors (Lipinski definition) is 2. The van der Waals surface area contributed by atoms with Crippen molar-refractivity contribution in [1.82, 2.24) is 15.1 Å². The molecule has 0 bridgehead atoms. The Kier molecular flexibility index (Phi) is 5.31. The normalized spacial score (nSPS) is 27.9. The summed E-state index contributed by atoms with van der Waals surface area (Å²) in [6.45, 7) is 1.02. The summed E-state index contributed by atoms with van der Waals surface area (Å²) in [4.78, 5) is 39.8. The molecule has 7 nitrogen and oxygen atoms in total. The molecule has 3 aliphatic rings. The molecule has 162 valence electrons. The molecule has 1 aromatic rings. The Hall–Kier alpha value is -2.46. The number of alkyl halides is 3. The van der Waals surface area contributed by atoms with Gasteiger partial charge in [0.1, 0.15) is 6.04 Å². The summed E-state index contributed by atoms with van der Waals surface area (Å²) < 4.78 is 39.1. The Morgan fingerprint density at radius 1 is 1.17 bits per heavy atom. The average Bonchev–Trinajstić information content (AvgIpc) is 2.99. The lowest BCUT2D eigenvalue weighted by Crippen LogP contribution is -2.52. The number of nitrogens with zero attached hydrogens (tertiary/aromatic N) is 2. The van der Waals surface area contributed by atoms with Gasteiger partial charge < -0.3 is 10.6 Å². The number of benzene rings is 1. The second-order valence-corrected chi connectivity index (χ2v) is 8.18. The maximum atomic E-state index is 13.0. The van der Waals surface area contributed by atoms with Crippen molar-refractivity contribution in [2.45, 2.75) is 50.6 Å². The zero-order valence-corrected chi connectivity index (χ0v) is 16.2. The van der Waals surface area contributed by atoms with E-state index in [0.717, 1.165) is 11.1 Å². The molecule has 3 aliphatic heterocycles. The van der Waals surface area contributed by atoms with Crippen LogP contribution in [0.5, 0.6) is 0 Å². The van der Waals surface area contributed by atoms with Gasteiger partial charge in [0.05, 0.1) is 5.92 Å². The standard InChI is InChI=1S/C20H23F3N4O3/c21-20(22,23)14-6-7-26(10-15(14)24)8-11-2-1-3-12-13(11)9-27(19(12)30)16-4-5-17(28)25-18(16)29/h1-3,14-16H,4-10,24H2,(H,25,28,29). The van der Waals surface area contributed by atoms with Gasteiger partial charge in [0.2, 0.25) is 11.8 Å². The quantitative estimate of drug-likeness (QED) is 0.710. The molecule has 3 unspecified atom stereocenters. The summed E-state index contributed by atoms with van der Waals surface area (Å²) in [5, 5.41) is 2.27. The molecule has 3 atom stereocenters. The number of rotatable bonds is 3. The molecule has 0 spiro atoms. The van der Waals surface area contributed by atoms with Crippen molar-refractivity contribution in [2.24, 2.45) is 11.7 Å². The number of amides is 3. The van der Waals surface area contributed by atoms with Gasteiger partial charge in [-0.1, -0.05) is 12.1 Å². The molecule has 2 fully saturated rings. The van der Waals surface area contributed by atoms with E-state index in [1.54, 1.807) is 12.1 Å². The van der Waals surface area contributed by atoms with Crippen molar-refractivity contribution in [3.05, 3.63) is 34.9 Å². The average molecular weight is 424 g/mol. The topological polar surface area (TPSA) is 95.7 Å². The van der Waals surface area contributed by atoms with Crippen LogP contribution in [0.2, 0.25) is 0 Å². The molecule has 0 aliphatic carbocycles. The second-order valence-electron chi connectivity index (χ2n) is 8.18. The Morgan fingerprint density at radius 3 is 2.60 bits per heavy atom. The van der Waals surface area contributed by atoms with Crippen molar-refractivity contribution in [2.75, 3.05) is 13.1 Å². The number of hydrogen-bond acceptors (Lipinski definition) is 5. The number of likely N-dealkylation sites (tertiary alicyclic amines) is 1. The van der Waals surface area contributed by atoms with E-state index >= 15 is 0 Å². The fourth-order valence-electron chi connectivity index (χ4n) is 4.64. The maximum absolute atomic E-state index is 13.0. The number of imide groups is 1. The third-order valence-electron chi connectivity index (χ3n) is 6.24. The van der Waals surface area contributed by atoms with Gasteiger partial charge in [0.15, 0.2) is 0 Å². The highest BCUT2D eigenvalue weighted by atomic mass is 19.4. The molecule has 0 radical (unpaired) electrons. The van der Waals surface area contributed by atoms with Crippen LogP contribution in [0.4, 0.5) is 13.2 Å². The molecule has 10 heteroatoms. The van der Waals surface area contributed by atoms with E-state index in [4.69, 9.17) is 5.73 Å². The minimum absolute atomic E-state index is 0.0545. The van der Waals surface area contributed by atoms with E-state index in [-0.39, 0.29) is 50.7 Å². The number of piperidine rings is 2. The molecular weight excluding hydrogens is 401 g/mol. The van der Waals surface area contributed by atoms with Crippen LogP contribution in [0.15, 0.2) is 18.2 Å². The van der Waals surface area contributed by atoms with Gasteiger partial charge in [0.25, 0.3) is 5.91 Å². The van der Waals surface area contributed by atoms with Gasteiger partial charge >= 0.3 is 6.18 Å². The van der Waals surface area contributed by atoms with Gasteiger partial charge in [0, 0.05) is 37.7 Å². The molecule has 0 saturated carbocycles. The number of halogens is 3. The highest BCUT2D eigenvalue weighted by Crippen LogP contribution is 2.35. The van der Waals surface area contributed by atoms with E-state index in [2.05, 4.69) is 5.32 Å². The number of nitrogens with two attached hydrogens (primary N) is 1. The predicted molar refractivity (Wildman–Crippen MR) is 99.9 cm³/mol. The Morgan fingerprint density at radius 2 is 1.93 bits per heavy atom. The minimum atomic E-state index is -4.30. The predicted octanol–water partition coefficient (Wildman–Crippen LogP) is 1.16. The Bertz CT molecular complexity index is 889. The second kappa shape index (κ2) is 7.66. The first-order valence-electron chi connectivity index (χ1n) is 9.95.